The number of carbonyl (C=O) groups excluding carboxylic acids is 1. The van der Waals surface area contributed by atoms with Crippen molar-refractivity contribution in [1.29, 1.82) is 0 Å². The van der Waals surface area contributed by atoms with Crippen molar-refractivity contribution in [1.82, 2.24) is 15.0 Å². The number of benzene rings is 4. The number of H-pyrrole nitrogens is 1. The van der Waals surface area contributed by atoms with Gasteiger partial charge in [-0.15, -0.1) is 0 Å². The highest BCUT2D eigenvalue weighted by Crippen LogP contribution is 2.52. The van der Waals surface area contributed by atoms with Crippen LogP contribution in [0.3, 0.4) is 0 Å². The van der Waals surface area contributed by atoms with E-state index in [0.717, 1.165) is 40.0 Å². The van der Waals surface area contributed by atoms with Gasteiger partial charge >= 0.3 is 0 Å². The molecule has 0 radical (unpaired) electrons. The number of fused-ring (bicyclic) bond motifs is 2. The van der Waals surface area contributed by atoms with Gasteiger partial charge in [-0.25, -0.2) is 9.97 Å². The summed E-state index contributed by atoms with van der Waals surface area (Å²) in [5.74, 6) is 2.65. The molecule has 3 heterocycles. The Labute approximate surface area is 298 Å². The van der Waals surface area contributed by atoms with Crippen LogP contribution in [0.1, 0.15) is 62.5 Å². The lowest BCUT2D eigenvalue weighted by atomic mass is 9.72. The fourth-order valence-corrected chi connectivity index (χ4v) is 7.95. The second-order valence-corrected chi connectivity index (χ2v) is 15.4. The smallest absolute Gasteiger partial charge is 0.196 e. The average molecular weight is 678 g/mol. The summed E-state index contributed by atoms with van der Waals surface area (Å²) in [6.07, 6.45) is 4.63. The molecule has 0 saturated carbocycles. The van der Waals surface area contributed by atoms with Crippen LogP contribution in [0.25, 0.3) is 33.4 Å². The molecule has 51 heavy (non-hydrogen) atoms. The van der Waals surface area contributed by atoms with Gasteiger partial charge in [0, 0.05) is 53.8 Å². The Kier molecular flexibility index (Phi) is 8.14. The Morgan fingerprint density at radius 3 is 2.25 bits per heavy atom. The highest BCUT2D eigenvalue weighted by Gasteiger charge is 2.36. The van der Waals surface area contributed by atoms with Crippen LogP contribution in [0.5, 0.6) is 11.5 Å². The molecule has 4 aromatic carbocycles. The molecule has 2 aliphatic rings. The Balaban J connectivity index is 1.39. The number of aromatic nitrogens is 3. The normalized spacial score (nSPS) is 14.5. The Morgan fingerprint density at radius 1 is 0.863 bits per heavy atom. The van der Waals surface area contributed by atoms with Crippen molar-refractivity contribution in [3.63, 3.8) is 0 Å². The number of nitrogens with zero attached hydrogens (tertiary/aromatic N) is 3. The average Bonchev–Trinajstić information content (AvgIpc) is 3.66. The molecule has 8 nitrogen and oxygen atoms in total. The molecule has 1 aliphatic heterocycles. The van der Waals surface area contributed by atoms with Crippen LogP contribution in [0, 0.1) is 5.41 Å². The number of carbonyl (C=O) groups is 1. The Bertz CT molecular complexity index is 2230. The van der Waals surface area contributed by atoms with Crippen LogP contribution < -0.4 is 15.0 Å². The van der Waals surface area contributed by atoms with E-state index in [4.69, 9.17) is 19.4 Å². The zero-order valence-electron chi connectivity index (χ0n) is 29.8. The fraction of sp³-hybridized carbons (Fsp3) is 0.279. The van der Waals surface area contributed by atoms with E-state index in [9.17, 15) is 4.79 Å². The molecule has 258 valence electrons. The van der Waals surface area contributed by atoms with Crippen molar-refractivity contribution in [2.45, 2.75) is 46.5 Å². The molecule has 8 heteroatoms. The van der Waals surface area contributed by atoms with E-state index in [1.807, 2.05) is 79.0 Å². The summed E-state index contributed by atoms with van der Waals surface area (Å²) in [6.45, 7) is 14.0. The predicted octanol–water partition coefficient (Wildman–Crippen LogP) is 9.92. The number of ether oxygens (including phenoxy) is 2. The molecule has 2 aromatic heterocycles. The lowest BCUT2D eigenvalue weighted by Crippen LogP contribution is -2.37. The topological polar surface area (TPSA) is 92.4 Å². The first kappa shape index (κ1) is 32.7. The highest BCUT2D eigenvalue weighted by molar-refractivity contribution is 6.31. The van der Waals surface area contributed by atoms with Crippen LogP contribution in [0.4, 0.5) is 17.2 Å². The van der Waals surface area contributed by atoms with Gasteiger partial charge in [0.25, 0.3) is 0 Å². The van der Waals surface area contributed by atoms with Crippen LogP contribution in [-0.4, -0.2) is 47.0 Å². The van der Waals surface area contributed by atoms with Gasteiger partial charge in [0.15, 0.2) is 11.5 Å². The first-order valence-electron chi connectivity index (χ1n) is 17.7. The second kappa shape index (κ2) is 12.7. The molecule has 1 saturated heterocycles. The van der Waals surface area contributed by atoms with Crippen LogP contribution in [-0.2, 0) is 10.2 Å². The number of hydrogen-bond donors (Lipinski definition) is 2. The number of ketones is 1. The lowest BCUT2D eigenvalue weighted by Gasteiger charge is -2.33. The number of rotatable bonds is 8. The van der Waals surface area contributed by atoms with E-state index < -0.39 is 0 Å². The second-order valence-electron chi connectivity index (χ2n) is 15.4. The van der Waals surface area contributed by atoms with Gasteiger partial charge in [-0.3, -0.25) is 4.79 Å². The molecule has 8 rings (SSSR count). The molecule has 0 spiro atoms. The van der Waals surface area contributed by atoms with Crippen molar-refractivity contribution in [2.75, 3.05) is 36.5 Å². The zero-order chi connectivity index (χ0) is 35.3. The van der Waals surface area contributed by atoms with Gasteiger partial charge in [-0.1, -0.05) is 89.2 Å². The van der Waals surface area contributed by atoms with Crippen LogP contribution >= 0.6 is 0 Å². The van der Waals surface area contributed by atoms with Gasteiger partial charge in [0.2, 0.25) is 0 Å². The largest absolute Gasteiger partial charge is 0.455 e. The maximum atomic E-state index is 14.6. The molecular weight excluding hydrogens is 635 g/mol. The van der Waals surface area contributed by atoms with Crippen molar-refractivity contribution < 1.29 is 14.3 Å². The third-order valence-electron chi connectivity index (χ3n) is 9.81. The number of pyridine rings is 1. The standard InChI is InChI=1S/C43H43N5O3/c1-42(2,3)26-43(4,5)27-15-17-29(18-16-27)51-33-25-32(46-28-11-7-6-8-12-28)35-36-34(30-13-9-10-14-31(30)39(35)49)37(40-44-19-20-45-40)41(47-38(33)36)48-21-23-50-24-22-48/h6-20,25,46H,21-24,26H2,1-5H3,(H,44,45). The Morgan fingerprint density at radius 2 is 1.57 bits per heavy atom. The fourth-order valence-electron chi connectivity index (χ4n) is 7.95. The third-order valence-corrected chi connectivity index (χ3v) is 9.81. The third kappa shape index (κ3) is 6.14. The quantitative estimate of drug-likeness (QED) is 0.165. The minimum Gasteiger partial charge on any atom is -0.455 e. The van der Waals surface area contributed by atoms with E-state index >= 15 is 0 Å². The number of aromatic amines is 1. The van der Waals surface area contributed by atoms with Gasteiger partial charge in [-0.2, -0.15) is 0 Å². The van der Waals surface area contributed by atoms with E-state index in [2.05, 4.69) is 62.0 Å². The first-order chi connectivity index (χ1) is 24.6. The molecule has 0 unspecified atom stereocenters. The molecule has 0 atom stereocenters. The summed E-state index contributed by atoms with van der Waals surface area (Å²) in [5, 5.41) is 4.31. The first-order valence-corrected chi connectivity index (χ1v) is 17.7. The zero-order valence-corrected chi connectivity index (χ0v) is 29.8. The molecule has 1 fully saturated rings. The number of imidazole rings is 1. The van der Waals surface area contributed by atoms with Gasteiger partial charge in [0.05, 0.1) is 30.0 Å². The number of para-hydroxylation sites is 1. The van der Waals surface area contributed by atoms with Gasteiger partial charge in [-0.05, 0) is 52.6 Å². The number of morpholine rings is 1. The molecule has 0 bridgehead atoms. The summed E-state index contributed by atoms with van der Waals surface area (Å²) >= 11 is 0. The monoisotopic (exact) mass is 677 g/mol. The number of anilines is 3. The maximum Gasteiger partial charge on any atom is 0.196 e. The Hall–Kier alpha value is -5.47. The SMILES string of the molecule is CC(C)(C)CC(C)(C)c1ccc(Oc2cc(Nc3ccccc3)c3c4c(c(-c5ncc[nH]5)c(N5CCOCC5)nc24)-c2ccccc2C3=O)cc1. The lowest BCUT2D eigenvalue weighted by molar-refractivity contribution is 0.104. The molecule has 1 aliphatic carbocycles. The predicted molar refractivity (Wildman–Crippen MR) is 205 cm³/mol. The molecular formula is C43H43N5O3. The van der Waals surface area contributed by atoms with Crippen LogP contribution in [0.15, 0.2) is 97.3 Å². The van der Waals surface area contributed by atoms with Crippen molar-refractivity contribution in [3.05, 3.63) is 114 Å². The van der Waals surface area contributed by atoms with E-state index in [1.54, 1.807) is 6.20 Å². The van der Waals surface area contributed by atoms with E-state index in [0.29, 0.717) is 66.0 Å². The molecule has 0 amide bonds. The summed E-state index contributed by atoms with van der Waals surface area (Å²) in [7, 11) is 0. The number of hydrogen-bond acceptors (Lipinski definition) is 7. The van der Waals surface area contributed by atoms with Gasteiger partial charge < -0.3 is 24.7 Å². The number of nitrogens with one attached hydrogen (secondary N) is 2. The summed E-state index contributed by atoms with van der Waals surface area (Å²) in [6, 6.07) is 28.1. The minimum absolute atomic E-state index is 0.00554. The minimum atomic E-state index is -0.0650. The molecule has 6 aromatic rings. The highest BCUT2D eigenvalue weighted by atomic mass is 16.5. The van der Waals surface area contributed by atoms with E-state index in [1.165, 1.54) is 5.56 Å². The summed E-state index contributed by atoms with van der Waals surface area (Å²) in [5.41, 5.74) is 7.37. The summed E-state index contributed by atoms with van der Waals surface area (Å²) < 4.78 is 12.6. The van der Waals surface area contributed by atoms with Gasteiger partial charge in [0.1, 0.15) is 22.9 Å². The van der Waals surface area contributed by atoms with E-state index in [-0.39, 0.29) is 16.6 Å². The van der Waals surface area contributed by atoms with Crippen molar-refractivity contribution in [3.8, 4) is 34.0 Å². The molecule has 2 N–H and O–H groups in total. The van der Waals surface area contributed by atoms with Crippen LogP contribution in [0.2, 0.25) is 0 Å². The van der Waals surface area contributed by atoms with Crippen molar-refractivity contribution >= 4 is 33.9 Å². The summed E-state index contributed by atoms with van der Waals surface area (Å²) in [4.78, 5) is 30.4. The van der Waals surface area contributed by atoms with Crippen molar-refractivity contribution in [2.24, 2.45) is 5.41 Å². The maximum absolute atomic E-state index is 14.6.